The number of hydrazine groups is 1. The third kappa shape index (κ3) is 4.38. The lowest BCUT2D eigenvalue weighted by Crippen LogP contribution is -2.26. The highest BCUT2D eigenvalue weighted by Gasteiger charge is 2.23. The van der Waals surface area contributed by atoms with Crippen molar-refractivity contribution in [2.24, 2.45) is 11.8 Å². The van der Waals surface area contributed by atoms with Gasteiger partial charge in [-0.05, 0) is 30.9 Å². The van der Waals surface area contributed by atoms with Crippen molar-refractivity contribution in [3.63, 3.8) is 0 Å². The zero-order valence-electron chi connectivity index (χ0n) is 12.2. The summed E-state index contributed by atoms with van der Waals surface area (Å²) in [5.74, 6) is 5.56. The van der Waals surface area contributed by atoms with Gasteiger partial charge in [0.2, 0.25) is 10.0 Å². The van der Waals surface area contributed by atoms with Gasteiger partial charge in [-0.3, -0.25) is 16.0 Å². The molecule has 0 aliphatic rings. The molecule has 4 N–H and O–H groups in total. The minimum Gasteiger partial charge on any atom is -0.318 e. The number of nitrogens with two attached hydrogens (primary N) is 1. The number of nitro benzene ring substituents is 1. The molecule has 0 atom stereocenters. The van der Waals surface area contributed by atoms with Gasteiger partial charge in [0.15, 0.2) is 0 Å². The third-order valence-electron chi connectivity index (χ3n) is 2.95. The summed E-state index contributed by atoms with van der Waals surface area (Å²) in [5.41, 5.74) is 2.26. The summed E-state index contributed by atoms with van der Waals surface area (Å²) >= 11 is 0. The summed E-state index contributed by atoms with van der Waals surface area (Å²) in [7, 11) is -3.79. The first-order chi connectivity index (χ1) is 9.69. The van der Waals surface area contributed by atoms with Crippen molar-refractivity contribution in [1.29, 1.82) is 0 Å². The van der Waals surface area contributed by atoms with Crippen LogP contribution in [0.25, 0.3) is 0 Å². The molecule has 0 saturated carbocycles. The average molecular weight is 316 g/mol. The van der Waals surface area contributed by atoms with Crippen LogP contribution in [0, 0.1) is 23.0 Å². The molecule has 0 unspecified atom stereocenters. The molecule has 118 valence electrons. The van der Waals surface area contributed by atoms with Crippen molar-refractivity contribution < 1.29 is 13.3 Å². The maximum absolute atomic E-state index is 12.2. The molecule has 0 aliphatic carbocycles. The van der Waals surface area contributed by atoms with Gasteiger partial charge in [-0.15, -0.1) is 0 Å². The number of sulfonamides is 1. The van der Waals surface area contributed by atoms with E-state index < -0.39 is 14.9 Å². The van der Waals surface area contributed by atoms with Crippen molar-refractivity contribution >= 4 is 21.4 Å². The van der Waals surface area contributed by atoms with E-state index in [9.17, 15) is 18.5 Å². The van der Waals surface area contributed by atoms with Crippen LogP contribution in [0.4, 0.5) is 11.4 Å². The second kappa shape index (κ2) is 6.83. The molecule has 0 amide bonds. The second-order valence-electron chi connectivity index (χ2n) is 5.12. The van der Waals surface area contributed by atoms with E-state index in [0.29, 0.717) is 17.9 Å². The number of nitrogens with one attached hydrogen (secondary N) is 2. The number of benzene rings is 1. The Hall–Kier alpha value is -1.71. The molecular formula is C12H20N4O4S. The van der Waals surface area contributed by atoms with Crippen LogP contribution in [0.15, 0.2) is 17.0 Å². The summed E-state index contributed by atoms with van der Waals surface area (Å²) in [6.07, 6.45) is 0.683. The summed E-state index contributed by atoms with van der Waals surface area (Å²) in [6.45, 7) is 5.80. The van der Waals surface area contributed by atoms with Gasteiger partial charge in [-0.1, -0.05) is 13.8 Å². The van der Waals surface area contributed by atoms with Crippen LogP contribution >= 0.6 is 0 Å². The number of hydrogen-bond acceptors (Lipinski definition) is 6. The zero-order chi connectivity index (χ0) is 16.2. The fourth-order valence-corrected chi connectivity index (χ4v) is 3.08. The molecule has 21 heavy (non-hydrogen) atoms. The maximum Gasteiger partial charge on any atom is 0.295 e. The Labute approximate surface area is 123 Å². The van der Waals surface area contributed by atoms with Crippen LogP contribution in [-0.2, 0) is 10.0 Å². The van der Waals surface area contributed by atoms with Gasteiger partial charge in [0.25, 0.3) is 5.69 Å². The first-order valence-corrected chi connectivity index (χ1v) is 7.92. The second-order valence-corrected chi connectivity index (χ2v) is 6.85. The van der Waals surface area contributed by atoms with Crippen molar-refractivity contribution in [1.82, 2.24) is 4.72 Å². The normalized spacial score (nSPS) is 11.7. The van der Waals surface area contributed by atoms with E-state index >= 15 is 0 Å². The van der Waals surface area contributed by atoms with Gasteiger partial charge in [0, 0.05) is 12.6 Å². The number of aryl methyl sites for hydroxylation is 1. The van der Waals surface area contributed by atoms with Crippen molar-refractivity contribution in [3.05, 3.63) is 27.8 Å². The fraction of sp³-hybridized carbons (Fsp3) is 0.500. The molecule has 9 heteroatoms. The topological polar surface area (TPSA) is 127 Å². The lowest BCUT2D eigenvalue weighted by molar-refractivity contribution is -0.384. The molecule has 0 radical (unpaired) electrons. The number of rotatable bonds is 7. The smallest absolute Gasteiger partial charge is 0.295 e. The number of anilines is 1. The SMILES string of the molecule is Cc1cc(NN)c([N+](=O)[O-])cc1S(=O)(=O)NCCC(C)C. The average Bonchev–Trinajstić information content (AvgIpc) is 2.36. The first-order valence-electron chi connectivity index (χ1n) is 6.44. The van der Waals surface area contributed by atoms with Gasteiger partial charge in [-0.25, -0.2) is 13.1 Å². The van der Waals surface area contributed by atoms with E-state index in [4.69, 9.17) is 5.84 Å². The lowest BCUT2D eigenvalue weighted by atomic mass is 10.1. The third-order valence-corrected chi connectivity index (χ3v) is 4.55. The van der Waals surface area contributed by atoms with E-state index in [-0.39, 0.29) is 22.8 Å². The number of hydrogen-bond donors (Lipinski definition) is 3. The highest BCUT2D eigenvalue weighted by Crippen LogP contribution is 2.29. The molecular weight excluding hydrogens is 296 g/mol. The van der Waals surface area contributed by atoms with E-state index in [0.717, 1.165) is 6.07 Å². The molecule has 8 nitrogen and oxygen atoms in total. The van der Waals surface area contributed by atoms with Gasteiger partial charge in [-0.2, -0.15) is 0 Å². The van der Waals surface area contributed by atoms with Gasteiger partial charge < -0.3 is 5.43 Å². The van der Waals surface area contributed by atoms with Gasteiger partial charge in [0.1, 0.15) is 5.69 Å². The van der Waals surface area contributed by atoms with Crippen LogP contribution in [0.5, 0.6) is 0 Å². The van der Waals surface area contributed by atoms with Crippen molar-refractivity contribution in [2.75, 3.05) is 12.0 Å². The van der Waals surface area contributed by atoms with Gasteiger partial charge in [0.05, 0.1) is 9.82 Å². The minimum absolute atomic E-state index is 0.0682. The quantitative estimate of drug-likeness (QED) is 0.397. The monoisotopic (exact) mass is 316 g/mol. The highest BCUT2D eigenvalue weighted by molar-refractivity contribution is 7.89. The molecule has 0 saturated heterocycles. The van der Waals surface area contributed by atoms with Crippen molar-refractivity contribution in [2.45, 2.75) is 32.1 Å². The Bertz CT molecular complexity index is 628. The van der Waals surface area contributed by atoms with Gasteiger partial charge >= 0.3 is 0 Å². The fourth-order valence-electron chi connectivity index (χ4n) is 1.79. The van der Waals surface area contributed by atoms with Crippen LogP contribution in [0.1, 0.15) is 25.8 Å². The van der Waals surface area contributed by atoms with E-state index in [1.54, 1.807) is 6.92 Å². The summed E-state index contributed by atoms with van der Waals surface area (Å²) in [6, 6.07) is 2.36. The molecule has 0 aliphatic heterocycles. The Balaban J connectivity index is 3.17. The number of nitro groups is 1. The molecule has 1 aromatic rings. The molecule has 1 aromatic carbocycles. The van der Waals surface area contributed by atoms with E-state index in [2.05, 4.69) is 10.1 Å². The van der Waals surface area contributed by atoms with Crippen LogP contribution < -0.4 is 16.0 Å². The lowest BCUT2D eigenvalue weighted by Gasteiger charge is -2.12. The van der Waals surface area contributed by atoms with Crippen LogP contribution in [0.3, 0.4) is 0 Å². The number of nitrogen functional groups attached to an aromatic ring is 1. The summed E-state index contributed by atoms with van der Waals surface area (Å²) in [5, 5.41) is 11.0. The summed E-state index contributed by atoms with van der Waals surface area (Å²) < 4.78 is 26.9. The Morgan fingerprint density at radius 2 is 2.00 bits per heavy atom. The minimum atomic E-state index is -3.79. The van der Waals surface area contributed by atoms with E-state index in [1.807, 2.05) is 13.8 Å². The van der Waals surface area contributed by atoms with Crippen LogP contribution in [-0.4, -0.2) is 19.9 Å². The number of nitrogens with zero attached hydrogens (tertiary/aromatic N) is 1. The largest absolute Gasteiger partial charge is 0.318 e. The maximum atomic E-state index is 12.2. The Morgan fingerprint density at radius 1 is 1.38 bits per heavy atom. The Kier molecular flexibility index (Phi) is 5.64. The standard InChI is InChI=1S/C12H20N4O4S/c1-8(2)4-5-14-21(19,20)12-7-11(16(17)18)10(15-13)6-9(12)3/h6-8,14-15H,4-5,13H2,1-3H3. The van der Waals surface area contributed by atoms with E-state index in [1.165, 1.54) is 6.07 Å². The zero-order valence-corrected chi connectivity index (χ0v) is 13.0. The highest BCUT2D eigenvalue weighted by atomic mass is 32.2. The molecule has 1 rings (SSSR count). The Morgan fingerprint density at radius 3 is 2.48 bits per heavy atom. The molecule has 0 heterocycles. The predicted molar refractivity (Wildman–Crippen MR) is 80.3 cm³/mol. The van der Waals surface area contributed by atoms with Crippen molar-refractivity contribution in [3.8, 4) is 0 Å². The summed E-state index contributed by atoms with van der Waals surface area (Å²) in [4.78, 5) is 10.2. The first kappa shape index (κ1) is 17.3. The van der Waals surface area contributed by atoms with Crippen LogP contribution in [0.2, 0.25) is 0 Å². The molecule has 0 fully saturated rings. The molecule has 0 bridgehead atoms. The molecule has 0 aromatic heterocycles. The molecule has 0 spiro atoms. The predicted octanol–water partition coefficient (Wildman–Crippen LogP) is 1.51.